The summed E-state index contributed by atoms with van der Waals surface area (Å²) in [4.78, 5) is 5.12. The van der Waals surface area contributed by atoms with Crippen LogP contribution in [0, 0.1) is 0 Å². The number of anilines is 3. The highest BCUT2D eigenvalue weighted by Gasteiger charge is 2.53. The second-order valence-corrected chi connectivity index (χ2v) is 22.1. The Morgan fingerprint density at radius 1 is 0.333 bits per heavy atom. The third-order valence-electron chi connectivity index (χ3n) is 17.3. The zero-order valence-corrected chi connectivity index (χ0v) is 43.1. The van der Waals surface area contributed by atoms with Crippen LogP contribution < -0.4 is 9.64 Å². The first-order chi connectivity index (χ1) is 38.7. The predicted molar refractivity (Wildman–Crippen MR) is 320 cm³/mol. The van der Waals surface area contributed by atoms with Gasteiger partial charge in [0.2, 0.25) is 0 Å². The van der Waals surface area contributed by atoms with Crippen LogP contribution in [0.5, 0.6) is 11.5 Å². The SMILES string of the molecule is c1ccc(-n2c3ccccc3c3ccc(-c4ccc(N(c5ccc6c(c5)C5(c7ccccc7Sc7ccccc75)c5ccccc5-6)c5cccc6c5-c5ccccc5C65c6ccccc6Oc6ccccc65)cc4)cc32)cc1. The molecule has 2 spiro atoms. The fourth-order valence-corrected chi connectivity index (χ4v) is 15.5. The Morgan fingerprint density at radius 2 is 0.859 bits per heavy atom. The van der Waals surface area contributed by atoms with E-state index in [1.54, 1.807) is 0 Å². The molecule has 1 aromatic heterocycles. The van der Waals surface area contributed by atoms with Gasteiger partial charge in [-0.2, -0.15) is 0 Å². The molecule has 78 heavy (non-hydrogen) atoms. The van der Waals surface area contributed by atoms with Crippen LogP contribution in [0.2, 0.25) is 0 Å². The number of hydrogen-bond donors (Lipinski definition) is 0. The second kappa shape index (κ2) is 16.4. The molecule has 0 saturated heterocycles. The number of rotatable bonds is 5. The van der Waals surface area contributed by atoms with Gasteiger partial charge in [0.05, 0.1) is 27.6 Å². The molecule has 17 rings (SSSR count). The van der Waals surface area contributed by atoms with Gasteiger partial charge in [-0.05, 0) is 140 Å². The molecule has 364 valence electrons. The van der Waals surface area contributed by atoms with Gasteiger partial charge >= 0.3 is 0 Å². The summed E-state index contributed by atoms with van der Waals surface area (Å²) in [5, 5.41) is 2.49. The molecule has 3 heterocycles. The molecule has 12 aromatic carbocycles. The number of hydrogen-bond acceptors (Lipinski definition) is 3. The van der Waals surface area contributed by atoms with Gasteiger partial charge in [0.1, 0.15) is 11.5 Å². The van der Waals surface area contributed by atoms with Gasteiger partial charge in [-0.15, -0.1) is 0 Å². The summed E-state index contributed by atoms with van der Waals surface area (Å²) in [5.74, 6) is 1.77. The van der Waals surface area contributed by atoms with Crippen molar-refractivity contribution in [3.8, 4) is 50.6 Å². The number of ether oxygens (including phenoxy) is 1. The molecule has 0 bridgehead atoms. The second-order valence-electron chi connectivity index (χ2n) is 21.0. The maximum atomic E-state index is 6.79. The first-order valence-electron chi connectivity index (χ1n) is 26.9. The number of fused-ring (bicyclic) bond motifs is 21. The molecule has 0 saturated carbocycles. The minimum absolute atomic E-state index is 0.540. The minimum Gasteiger partial charge on any atom is -0.457 e. The Hall–Kier alpha value is -9.61. The molecule has 0 unspecified atom stereocenters. The lowest BCUT2D eigenvalue weighted by Crippen LogP contribution is -2.32. The van der Waals surface area contributed by atoms with E-state index in [4.69, 9.17) is 4.74 Å². The smallest absolute Gasteiger partial charge is 0.132 e. The van der Waals surface area contributed by atoms with E-state index in [1.807, 2.05) is 11.8 Å². The van der Waals surface area contributed by atoms with E-state index in [0.29, 0.717) is 0 Å². The number of benzene rings is 12. The van der Waals surface area contributed by atoms with Crippen molar-refractivity contribution in [2.45, 2.75) is 20.6 Å². The molecule has 2 aliphatic carbocycles. The zero-order chi connectivity index (χ0) is 51.1. The van der Waals surface area contributed by atoms with Crippen molar-refractivity contribution in [3.05, 3.63) is 324 Å². The highest BCUT2D eigenvalue weighted by atomic mass is 32.2. The maximum Gasteiger partial charge on any atom is 0.132 e. The molecule has 0 fully saturated rings. The van der Waals surface area contributed by atoms with Gasteiger partial charge in [-0.25, -0.2) is 0 Å². The summed E-state index contributed by atoms with van der Waals surface area (Å²) < 4.78 is 9.19. The third-order valence-corrected chi connectivity index (χ3v) is 18.5. The van der Waals surface area contributed by atoms with Crippen LogP contribution >= 0.6 is 11.8 Å². The molecule has 0 amide bonds. The lowest BCUT2D eigenvalue weighted by atomic mass is 9.66. The largest absolute Gasteiger partial charge is 0.457 e. The average Bonchev–Trinajstić information content (AvgIpc) is 4.22. The van der Waals surface area contributed by atoms with Crippen molar-refractivity contribution in [2.24, 2.45) is 0 Å². The van der Waals surface area contributed by atoms with Gasteiger partial charge in [0, 0.05) is 54.3 Å². The standard InChI is InChI=1S/C74H46N2OS/c1-2-19-49(20-3-1)76-65-31-13-6-22-54(65)55-43-39-48(45-67(55)76)47-37-40-50(41-38-47)75(51-42-44-53-52-21-4-7-24-57(52)74(64(53)46-51)61-28-11-16-35-70(61)78-71-36-17-12-29-62(71)74)66-32-18-30-63-72(66)56-23-5-8-25-58(56)73(63)59-26-9-14-33-68(59)77-69-34-15-10-27-60(69)73/h1-46H. The quantitative estimate of drug-likeness (QED) is 0.171. The molecule has 3 nitrogen and oxygen atoms in total. The fourth-order valence-electron chi connectivity index (χ4n) is 14.3. The lowest BCUT2D eigenvalue weighted by molar-refractivity contribution is 0.436. The number of aromatic nitrogens is 1. The Bertz CT molecular complexity index is 4560. The van der Waals surface area contributed by atoms with Crippen molar-refractivity contribution in [3.63, 3.8) is 0 Å². The van der Waals surface area contributed by atoms with E-state index in [0.717, 1.165) is 50.9 Å². The summed E-state index contributed by atoms with van der Waals surface area (Å²) in [7, 11) is 0. The molecule has 2 aliphatic heterocycles. The van der Waals surface area contributed by atoms with Crippen LogP contribution in [0.3, 0.4) is 0 Å². The molecule has 4 aliphatic rings. The zero-order valence-electron chi connectivity index (χ0n) is 42.3. The summed E-state index contributed by atoms with van der Waals surface area (Å²) in [5.41, 5.74) is 23.0. The number of para-hydroxylation sites is 4. The van der Waals surface area contributed by atoms with Crippen molar-refractivity contribution in [2.75, 3.05) is 4.90 Å². The Kier molecular flexibility index (Phi) is 9.20. The summed E-state index contributed by atoms with van der Waals surface area (Å²) in [6, 6.07) is 104. The molecule has 13 aromatic rings. The van der Waals surface area contributed by atoms with E-state index in [9.17, 15) is 0 Å². The maximum absolute atomic E-state index is 6.79. The average molecular weight is 1010 g/mol. The van der Waals surface area contributed by atoms with Crippen LogP contribution in [-0.2, 0) is 10.8 Å². The highest BCUT2D eigenvalue weighted by Crippen LogP contribution is 2.66. The van der Waals surface area contributed by atoms with Crippen LogP contribution in [-0.4, -0.2) is 4.57 Å². The van der Waals surface area contributed by atoms with Crippen molar-refractivity contribution in [1.29, 1.82) is 0 Å². The van der Waals surface area contributed by atoms with Gasteiger partial charge in [-0.3, -0.25) is 0 Å². The highest BCUT2D eigenvalue weighted by molar-refractivity contribution is 7.99. The van der Waals surface area contributed by atoms with Crippen LogP contribution in [0.25, 0.3) is 60.9 Å². The Balaban J connectivity index is 0.916. The van der Waals surface area contributed by atoms with Crippen molar-refractivity contribution < 1.29 is 4.74 Å². The summed E-state index contributed by atoms with van der Waals surface area (Å²) in [6.45, 7) is 0. The van der Waals surface area contributed by atoms with Gasteiger partial charge in [-0.1, -0.05) is 212 Å². The van der Waals surface area contributed by atoms with Gasteiger partial charge in [0.25, 0.3) is 0 Å². The normalized spacial score (nSPS) is 14.2. The van der Waals surface area contributed by atoms with Crippen LogP contribution in [0.15, 0.2) is 289 Å². The molecular formula is C74H46N2OS. The summed E-state index contributed by atoms with van der Waals surface area (Å²) >= 11 is 1.88. The molecule has 0 radical (unpaired) electrons. The first kappa shape index (κ1) is 43.6. The van der Waals surface area contributed by atoms with Crippen molar-refractivity contribution >= 4 is 50.6 Å². The molecule has 0 N–H and O–H groups in total. The predicted octanol–water partition coefficient (Wildman–Crippen LogP) is 19.2. The van der Waals surface area contributed by atoms with E-state index >= 15 is 0 Å². The lowest BCUT2D eigenvalue weighted by Gasteiger charge is -2.40. The minimum atomic E-state index is -0.624. The molecule has 4 heteroatoms. The van der Waals surface area contributed by atoms with Crippen LogP contribution in [0.4, 0.5) is 17.1 Å². The topological polar surface area (TPSA) is 17.4 Å². The fraction of sp³-hybridized carbons (Fsp3) is 0.0270. The van der Waals surface area contributed by atoms with E-state index in [2.05, 4.69) is 289 Å². The first-order valence-corrected chi connectivity index (χ1v) is 27.7. The van der Waals surface area contributed by atoms with Crippen LogP contribution in [0.1, 0.15) is 44.5 Å². The van der Waals surface area contributed by atoms with Gasteiger partial charge < -0.3 is 14.2 Å². The Morgan fingerprint density at radius 3 is 1.59 bits per heavy atom. The third kappa shape index (κ3) is 5.79. The van der Waals surface area contributed by atoms with Gasteiger partial charge in [0.15, 0.2) is 0 Å². The Labute approximate surface area is 456 Å². The number of nitrogens with zero attached hydrogens (tertiary/aromatic N) is 2. The summed E-state index contributed by atoms with van der Waals surface area (Å²) in [6.07, 6.45) is 0. The van der Waals surface area contributed by atoms with E-state index in [-0.39, 0.29) is 0 Å². The van der Waals surface area contributed by atoms with E-state index < -0.39 is 10.8 Å². The van der Waals surface area contributed by atoms with E-state index in [1.165, 1.54) is 92.8 Å². The molecular weight excluding hydrogens is 965 g/mol. The molecule has 0 atom stereocenters. The monoisotopic (exact) mass is 1010 g/mol. The van der Waals surface area contributed by atoms with Crippen molar-refractivity contribution in [1.82, 2.24) is 4.57 Å².